The maximum atomic E-state index is 15.5. The average molecular weight is 525 g/mol. The first kappa shape index (κ1) is 25.9. The fourth-order valence-electron chi connectivity index (χ4n) is 4.14. The molecular weight excluding hydrogens is 497 g/mol. The minimum Gasteiger partial charge on any atom is -0.342 e. The molecule has 0 bridgehead atoms. The summed E-state index contributed by atoms with van der Waals surface area (Å²) in [5.74, 6) is -3.75. The fourth-order valence-corrected chi connectivity index (χ4v) is 4.74. The summed E-state index contributed by atoms with van der Waals surface area (Å²) in [6.45, 7) is 3.18. The standard InChI is InChI=1S/C23H27F3N6O3S/c1-5-14-8-13(10-31(3)36(34,35)23(25)26)9-16(24)19(14)32(4)21-12(2)17-18(28-11-27-17)20(29-21)30-22(33)15-6-7-15/h8-9,11,15,23H,5-7,10H2,1-4H3,(H,27,28)(H,29,30,33). The molecular formula is C23H27F3N6O3S. The van der Waals surface area contributed by atoms with Gasteiger partial charge in [0.25, 0.3) is 10.0 Å². The third kappa shape index (κ3) is 4.76. The number of nitrogens with one attached hydrogen (secondary N) is 2. The highest BCUT2D eigenvalue weighted by Crippen LogP contribution is 2.37. The van der Waals surface area contributed by atoms with E-state index in [9.17, 15) is 22.0 Å². The topological polar surface area (TPSA) is 111 Å². The Kier molecular flexibility index (Phi) is 6.97. The molecule has 3 aromatic rings. The normalized spacial score (nSPS) is 14.1. The van der Waals surface area contributed by atoms with Crippen LogP contribution in [0.1, 0.15) is 36.5 Å². The predicted octanol–water partition coefficient (Wildman–Crippen LogP) is 4.07. The van der Waals surface area contributed by atoms with Crippen LogP contribution in [-0.4, -0.2) is 53.4 Å². The van der Waals surface area contributed by atoms with Crippen molar-refractivity contribution in [2.24, 2.45) is 5.92 Å². The summed E-state index contributed by atoms with van der Waals surface area (Å²) in [5, 5.41) is 2.84. The van der Waals surface area contributed by atoms with Crippen molar-refractivity contribution in [1.29, 1.82) is 0 Å². The summed E-state index contributed by atoms with van der Waals surface area (Å²) in [6, 6.07) is 2.71. The second-order valence-corrected chi connectivity index (χ2v) is 10.9. The van der Waals surface area contributed by atoms with E-state index < -0.39 is 28.1 Å². The second-order valence-electron chi connectivity index (χ2n) is 8.86. The van der Waals surface area contributed by atoms with E-state index in [1.807, 2.05) is 0 Å². The summed E-state index contributed by atoms with van der Waals surface area (Å²) in [5.41, 5.74) is 2.76. The van der Waals surface area contributed by atoms with E-state index in [0.717, 1.165) is 26.0 Å². The van der Waals surface area contributed by atoms with Gasteiger partial charge in [-0.15, -0.1) is 0 Å². The van der Waals surface area contributed by atoms with E-state index in [4.69, 9.17) is 0 Å². The number of benzene rings is 1. The Hall–Kier alpha value is -3.19. The number of rotatable bonds is 9. The van der Waals surface area contributed by atoms with E-state index >= 15 is 4.39 Å². The number of carbonyl (C=O) groups excluding carboxylic acids is 1. The Labute approximate surface area is 206 Å². The Bertz CT molecular complexity index is 1420. The molecule has 194 valence electrons. The number of sulfonamides is 1. The van der Waals surface area contributed by atoms with Gasteiger partial charge in [-0.05, 0) is 43.4 Å². The molecule has 0 radical (unpaired) electrons. The van der Waals surface area contributed by atoms with Gasteiger partial charge in [0, 0.05) is 32.1 Å². The minimum absolute atomic E-state index is 0.0454. The van der Waals surface area contributed by atoms with Gasteiger partial charge in [-0.1, -0.05) is 13.0 Å². The number of aryl methyl sites for hydroxylation is 2. The number of anilines is 3. The number of carbonyl (C=O) groups is 1. The molecule has 2 heterocycles. The quantitative estimate of drug-likeness (QED) is 0.437. The van der Waals surface area contributed by atoms with Crippen LogP contribution in [0.4, 0.5) is 30.5 Å². The molecule has 0 aliphatic heterocycles. The molecule has 0 spiro atoms. The van der Waals surface area contributed by atoms with Gasteiger partial charge in [-0.25, -0.2) is 22.8 Å². The third-order valence-corrected chi connectivity index (χ3v) is 7.72. The highest BCUT2D eigenvalue weighted by atomic mass is 32.2. The first-order valence-corrected chi connectivity index (χ1v) is 12.9. The summed E-state index contributed by atoms with van der Waals surface area (Å²) in [4.78, 5) is 25.9. The van der Waals surface area contributed by atoms with Gasteiger partial charge in [0.15, 0.2) is 5.82 Å². The molecule has 0 saturated heterocycles. The van der Waals surface area contributed by atoms with Gasteiger partial charge in [0.2, 0.25) is 5.91 Å². The van der Waals surface area contributed by atoms with Crippen LogP contribution < -0.4 is 10.2 Å². The molecule has 0 atom stereocenters. The molecule has 1 aliphatic rings. The molecule has 1 fully saturated rings. The number of pyridine rings is 1. The molecule has 13 heteroatoms. The van der Waals surface area contributed by atoms with Gasteiger partial charge < -0.3 is 15.2 Å². The maximum absolute atomic E-state index is 15.5. The minimum atomic E-state index is -4.80. The number of aromatic nitrogens is 3. The van der Waals surface area contributed by atoms with Crippen molar-refractivity contribution in [2.75, 3.05) is 24.3 Å². The lowest BCUT2D eigenvalue weighted by atomic mass is 10.0. The SMILES string of the molecule is CCc1cc(CN(C)S(=O)(=O)C(F)F)cc(F)c1N(C)c1nc(NC(=O)C2CC2)c2[nH]cnc2c1C. The van der Waals surface area contributed by atoms with Crippen molar-refractivity contribution in [3.63, 3.8) is 0 Å². The molecule has 1 aromatic carbocycles. The zero-order chi connectivity index (χ0) is 26.4. The molecule has 2 N–H and O–H groups in total. The number of hydrogen-bond donors (Lipinski definition) is 2. The molecule has 4 rings (SSSR count). The monoisotopic (exact) mass is 524 g/mol. The Balaban J connectivity index is 1.73. The number of H-pyrrole nitrogens is 1. The average Bonchev–Trinajstić information content (AvgIpc) is 3.56. The van der Waals surface area contributed by atoms with Crippen LogP contribution in [0.25, 0.3) is 11.0 Å². The largest absolute Gasteiger partial charge is 0.350 e. The lowest BCUT2D eigenvalue weighted by Crippen LogP contribution is -2.31. The molecule has 1 aliphatic carbocycles. The number of halogens is 3. The summed E-state index contributed by atoms with van der Waals surface area (Å²) in [7, 11) is -2.15. The summed E-state index contributed by atoms with van der Waals surface area (Å²) in [6.07, 6.45) is 3.51. The maximum Gasteiger partial charge on any atom is 0.350 e. The summed E-state index contributed by atoms with van der Waals surface area (Å²) < 4.78 is 65.2. The van der Waals surface area contributed by atoms with E-state index in [1.54, 1.807) is 31.9 Å². The number of hydrogen-bond acceptors (Lipinski definition) is 6. The van der Waals surface area contributed by atoms with E-state index in [1.165, 1.54) is 6.33 Å². The fraction of sp³-hybridized carbons (Fsp3) is 0.435. The first-order chi connectivity index (χ1) is 16.9. The molecule has 1 saturated carbocycles. The highest BCUT2D eigenvalue weighted by Gasteiger charge is 2.32. The van der Waals surface area contributed by atoms with E-state index in [2.05, 4.69) is 20.3 Å². The van der Waals surface area contributed by atoms with Crippen LogP contribution in [0.5, 0.6) is 0 Å². The molecule has 1 amide bonds. The predicted molar refractivity (Wildman–Crippen MR) is 130 cm³/mol. The Morgan fingerprint density at radius 2 is 1.97 bits per heavy atom. The number of alkyl halides is 2. The molecule has 9 nitrogen and oxygen atoms in total. The molecule has 0 unspecified atom stereocenters. The van der Waals surface area contributed by atoms with Gasteiger partial charge in [0.1, 0.15) is 17.2 Å². The third-order valence-electron chi connectivity index (χ3n) is 6.28. The van der Waals surface area contributed by atoms with Crippen molar-refractivity contribution in [3.8, 4) is 0 Å². The molecule has 36 heavy (non-hydrogen) atoms. The zero-order valence-corrected chi connectivity index (χ0v) is 21.1. The van der Waals surface area contributed by atoms with Crippen LogP contribution in [0, 0.1) is 18.7 Å². The van der Waals surface area contributed by atoms with Crippen molar-refractivity contribution in [2.45, 2.75) is 45.4 Å². The van der Waals surface area contributed by atoms with Crippen LogP contribution in [0.3, 0.4) is 0 Å². The van der Waals surface area contributed by atoms with Crippen molar-refractivity contribution in [1.82, 2.24) is 19.3 Å². The Morgan fingerprint density at radius 1 is 1.28 bits per heavy atom. The number of aromatic amines is 1. The molecule has 2 aromatic heterocycles. The van der Waals surface area contributed by atoms with Crippen LogP contribution in [-0.2, 0) is 27.8 Å². The van der Waals surface area contributed by atoms with Gasteiger partial charge >= 0.3 is 5.76 Å². The number of imidazole rings is 1. The van der Waals surface area contributed by atoms with Gasteiger partial charge in [-0.3, -0.25) is 4.79 Å². The van der Waals surface area contributed by atoms with E-state index in [-0.39, 0.29) is 23.1 Å². The highest BCUT2D eigenvalue weighted by molar-refractivity contribution is 7.89. The van der Waals surface area contributed by atoms with Crippen LogP contribution in [0.15, 0.2) is 18.5 Å². The Morgan fingerprint density at radius 3 is 2.58 bits per heavy atom. The van der Waals surface area contributed by atoms with Crippen molar-refractivity contribution in [3.05, 3.63) is 41.0 Å². The lowest BCUT2D eigenvalue weighted by molar-refractivity contribution is -0.117. The van der Waals surface area contributed by atoms with Crippen LogP contribution >= 0.6 is 0 Å². The number of amides is 1. The van der Waals surface area contributed by atoms with Crippen LogP contribution in [0.2, 0.25) is 0 Å². The second kappa shape index (κ2) is 9.69. The van der Waals surface area contributed by atoms with Crippen molar-refractivity contribution < 1.29 is 26.4 Å². The first-order valence-electron chi connectivity index (χ1n) is 11.4. The zero-order valence-electron chi connectivity index (χ0n) is 20.3. The van der Waals surface area contributed by atoms with E-state index in [0.29, 0.717) is 44.5 Å². The van der Waals surface area contributed by atoms with Gasteiger partial charge in [-0.2, -0.15) is 13.1 Å². The number of fused-ring (bicyclic) bond motifs is 1. The van der Waals surface area contributed by atoms with Gasteiger partial charge in [0.05, 0.1) is 17.5 Å². The smallest absolute Gasteiger partial charge is 0.342 e. The number of nitrogens with zero attached hydrogens (tertiary/aromatic N) is 4. The lowest BCUT2D eigenvalue weighted by Gasteiger charge is -2.25. The van der Waals surface area contributed by atoms with Crippen molar-refractivity contribution >= 4 is 44.3 Å². The summed E-state index contributed by atoms with van der Waals surface area (Å²) >= 11 is 0.